The molecule has 0 bridgehead atoms. The molecule has 0 heterocycles. The van der Waals surface area contributed by atoms with Crippen molar-refractivity contribution in [3.05, 3.63) is 35.9 Å². The summed E-state index contributed by atoms with van der Waals surface area (Å²) < 4.78 is 0. The first kappa shape index (κ1) is 7.81. The van der Waals surface area contributed by atoms with Crippen molar-refractivity contribution in [3.8, 4) is 0 Å². The maximum atomic E-state index is 5.94. The summed E-state index contributed by atoms with van der Waals surface area (Å²) in [5.41, 5.74) is 7.68. The Balaban J connectivity index is 2.31. The average Bonchev–Trinajstić information content (AvgIpc) is 2.80. The molecule has 1 aromatic carbocycles. The van der Waals surface area contributed by atoms with E-state index in [2.05, 4.69) is 37.3 Å². The highest BCUT2D eigenvalue weighted by molar-refractivity contribution is 5.35. The van der Waals surface area contributed by atoms with E-state index in [1.54, 1.807) is 0 Å². The highest BCUT2D eigenvalue weighted by atomic mass is 14.8. The summed E-state index contributed by atoms with van der Waals surface area (Å²) >= 11 is 0. The maximum absolute atomic E-state index is 5.94. The highest BCUT2D eigenvalue weighted by Crippen LogP contribution is 2.49. The summed E-state index contributed by atoms with van der Waals surface area (Å²) in [5.74, 6) is 0. The molecule has 12 heavy (non-hydrogen) atoms. The predicted molar refractivity (Wildman–Crippen MR) is 51.0 cm³/mol. The second kappa shape index (κ2) is 2.60. The Morgan fingerprint density at radius 2 is 2.00 bits per heavy atom. The fraction of sp³-hybridized carbons (Fsp3) is 0.455. The summed E-state index contributed by atoms with van der Waals surface area (Å²) in [6.07, 6.45) is 2.33. The van der Waals surface area contributed by atoms with Gasteiger partial charge in [0.1, 0.15) is 0 Å². The largest absolute Gasteiger partial charge is 0.327 e. The molecule has 2 atom stereocenters. The minimum Gasteiger partial charge on any atom is -0.327 e. The van der Waals surface area contributed by atoms with Crippen LogP contribution in [0, 0.1) is 0 Å². The van der Waals surface area contributed by atoms with E-state index >= 15 is 0 Å². The second-order valence-corrected chi connectivity index (χ2v) is 3.69. The molecule has 0 aliphatic heterocycles. The molecule has 0 spiro atoms. The van der Waals surface area contributed by atoms with E-state index in [0.717, 1.165) is 12.8 Å². The number of hydrogen-bond acceptors (Lipinski definition) is 1. The van der Waals surface area contributed by atoms with Crippen molar-refractivity contribution < 1.29 is 0 Å². The summed E-state index contributed by atoms with van der Waals surface area (Å²) in [5, 5.41) is 0. The number of rotatable bonds is 2. The molecule has 1 unspecified atom stereocenters. The minimum absolute atomic E-state index is 0.321. The van der Waals surface area contributed by atoms with Gasteiger partial charge < -0.3 is 5.73 Å². The molecule has 1 aliphatic carbocycles. The van der Waals surface area contributed by atoms with Crippen LogP contribution in [-0.2, 0) is 5.41 Å². The van der Waals surface area contributed by atoms with E-state index in [0.29, 0.717) is 11.5 Å². The Morgan fingerprint density at radius 3 is 2.42 bits per heavy atom. The van der Waals surface area contributed by atoms with Gasteiger partial charge in [0.15, 0.2) is 0 Å². The monoisotopic (exact) mass is 161 g/mol. The van der Waals surface area contributed by atoms with Gasteiger partial charge in [-0.1, -0.05) is 37.3 Å². The van der Waals surface area contributed by atoms with Gasteiger partial charge in [-0.05, 0) is 18.4 Å². The van der Waals surface area contributed by atoms with Gasteiger partial charge in [0.25, 0.3) is 0 Å². The van der Waals surface area contributed by atoms with Crippen molar-refractivity contribution in [2.24, 2.45) is 5.73 Å². The van der Waals surface area contributed by atoms with Crippen molar-refractivity contribution in [2.45, 2.75) is 31.2 Å². The third-order valence-corrected chi connectivity index (χ3v) is 3.11. The molecule has 2 rings (SSSR count). The third kappa shape index (κ3) is 0.969. The van der Waals surface area contributed by atoms with E-state index in [1.807, 2.05) is 0 Å². The van der Waals surface area contributed by atoms with Crippen molar-refractivity contribution >= 4 is 0 Å². The molecule has 1 heteroatoms. The van der Waals surface area contributed by atoms with Crippen LogP contribution in [0.3, 0.4) is 0 Å². The lowest BCUT2D eigenvalue weighted by molar-refractivity contribution is 0.635. The molecule has 0 amide bonds. The molecule has 0 aromatic heterocycles. The molecule has 1 nitrogen and oxygen atoms in total. The standard InChI is InChI=1S/C11H15N/c1-2-11(8-10(11)12)9-6-4-3-5-7-9/h3-7,10H,2,8,12H2,1H3/t10-,11?/m1/s1. The fourth-order valence-electron chi connectivity index (χ4n) is 2.05. The maximum Gasteiger partial charge on any atom is 0.0146 e. The Bertz CT molecular complexity index is 264. The molecule has 0 radical (unpaired) electrons. The first-order valence-corrected chi connectivity index (χ1v) is 4.61. The number of nitrogens with two attached hydrogens (primary N) is 1. The quantitative estimate of drug-likeness (QED) is 0.706. The summed E-state index contributed by atoms with van der Waals surface area (Å²) in [6, 6.07) is 11.0. The highest BCUT2D eigenvalue weighted by Gasteiger charge is 2.51. The molecule has 1 aromatic rings. The topological polar surface area (TPSA) is 26.0 Å². The second-order valence-electron chi connectivity index (χ2n) is 3.69. The van der Waals surface area contributed by atoms with Gasteiger partial charge in [0.2, 0.25) is 0 Å². The van der Waals surface area contributed by atoms with Crippen LogP contribution in [0.25, 0.3) is 0 Å². The van der Waals surface area contributed by atoms with Gasteiger partial charge in [-0.25, -0.2) is 0 Å². The Morgan fingerprint density at radius 1 is 1.42 bits per heavy atom. The van der Waals surface area contributed by atoms with Crippen LogP contribution in [-0.4, -0.2) is 6.04 Å². The smallest absolute Gasteiger partial charge is 0.0146 e. The van der Waals surface area contributed by atoms with Crippen LogP contribution in [0.15, 0.2) is 30.3 Å². The van der Waals surface area contributed by atoms with Gasteiger partial charge in [-0.15, -0.1) is 0 Å². The van der Waals surface area contributed by atoms with Gasteiger partial charge >= 0.3 is 0 Å². The zero-order chi connectivity index (χ0) is 8.60. The Kier molecular flexibility index (Phi) is 1.69. The van der Waals surface area contributed by atoms with Crippen molar-refractivity contribution in [2.75, 3.05) is 0 Å². The van der Waals surface area contributed by atoms with Crippen LogP contribution < -0.4 is 5.73 Å². The zero-order valence-corrected chi connectivity index (χ0v) is 7.46. The zero-order valence-electron chi connectivity index (χ0n) is 7.46. The predicted octanol–water partition coefficient (Wildman–Crippen LogP) is 2.07. The molecular weight excluding hydrogens is 146 g/mol. The van der Waals surface area contributed by atoms with Crippen molar-refractivity contribution in [1.82, 2.24) is 0 Å². The first-order valence-electron chi connectivity index (χ1n) is 4.61. The van der Waals surface area contributed by atoms with Crippen LogP contribution in [0.5, 0.6) is 0 Å². The van der Waals surface area contributed by atoms with Crippen LogP contribution in [0.1, 0.15) is 25.3 Å². The molecule has 1 aliphatic rings. The van der Waals surface area contributed by atoms with Crippen LogP contribution >= 0.6 is 0 Å². The van der Waals surface area contributed by atoms with Gasteiger partial charge in [-0.3, -0.25) is 0 Å². The van der Waals surface area contributed by atoms with Gasteiger partial charge in [0, 0.05) is 11.5 Å². The van der Waals surface area contributed by atoms with Crippen molar-refractivity contribution in [1.29, 1.82) is 0 Å². The van der Waals surface area contributed by atoms with Crippen LogP contribution in [0.2, 0.25) is 0 Å². The first-order chi connectivity index (χ1) is 5.79. The molecule has 1 fully saturated rings. The van der Waals surface area contributed by atoms with Crippen molar-refractivity contribution in [3.63, 3.8) is 0 Å². The lowest BCUT2D eigenvalue weighted by Gasteiger charge is -2.13. The molecule has 0 saturated heterocycles. The molecular formula is C11H15N. The molecule has 2 N–H and O–H groups in total. The lowest BCUT2D eigenvalue weighted by Crippen LogP contribution is -2.17. The molecule has 1 saturated carbocycles. The fourth-order valence-corrected chi connectivity index (χ4v) is 2.05. The average molecular weight is 161 g/mol. The normalized spacial score (nSPS) is 33.3. The van der Waals surface area contributed by atoms with E-state index < -0.39 is 0 Å². The van der Waals surface area contributed by atoms with Gasteiger partial charge in [-0.2, -0.15) is 0 Å². The number of hydrogen-bond donors (Lipinski definition) is 1. The Labute approximate surface area is 73.6 Å². The van der Waals surface area contributed by atoms with E-state index in [9.17, 15) is 0 Å². The van der Waals surface area contributed by atoms with E-state index in [4.69, 9.17) is 5.73 Å². The van der Waals surface area contributed by atoms with Crippen LogP contribution in [0.4, 0.5) is 0 Å². The van der Waals surface area contributed by atoms with E-state index in [-0.39, 0.29) is 0 Å². The molecule has 64 valence electrons. The van der Waals surface area contributed by atoms with Gasteiger partial charge in [0.05, 0.1) is 0 Å². The minimum atomic E-state index is 0.321. The number of benzene rings is 1. The Hall–Kier alpha value is -0.820. The third-order valence-electron chi connectivity index (χ3n) is 3.11. The summed E-state index contributed by atoms with van der Waals surface area (Å²) in [7, 11) is 0. The summed E-state index contributed by atoms with van der Waals surface area (Å²) in [6.45, 7) is 2.22. The SMILES string of the molecule is CCC1(c2ccccc2)C[C@H]1N. The lowest BCUT2D eigenvalue weighted by atomic mass is 9.92. The summed E-state index contributed by atoms with van der Waals surface area (Å²) in [4.78, 5) is 0. The van der Waals surface area contributed by atoms with E-state index in [1.165, 1.54) is 5.56 Å².